The fourth-order valence-electron chi connectivity index (χ4n) is 3.23. The molecular formula is C27H33F3N4O7. The average molecular weight is 583 g/mol. The summed E-state index contributed by atoms with van der Waals surface area (Å²) in [5.41, 5.74) is 2.68. The second-order valence-corrected chi connectivity index (χ2v) is 8.57. The Balaban J connectivity index is 0.00000106. The smallest absolute Gasteiger partial charge is 0.481 e. The highest BCUT2D eigenvalue weighted by Gasteiger charge is 2.38. The normalized spacial score (nSPS) is 11.2. The van der Waals surface area contributed by atoms with Gasteiger partial charge >= 0.3 is 24.1 Å². The van der Waals surface area contributed by atoms with E-state index in [-0.39, 0.29) is 31.3 Å². The lowest BCUT2D eigenvalue weighted by atomic mass is 9.99. The van der Waals surface area contributed by atoms with Gasteiger partial charge in [-0.05, 0) is 29.5 Å². The maximum atomic E-state index is 12.3. The number of benzene rings is 2. The van der Waals surface area contributed by atoms with Crippen LogP contribution in [0.2, 0.25) is 0 Å². The minimum atomic E-state index is -5.08. The number of aliphatic carboxylic acids is 2. The van der Waals surface area contributed by atoms with Crippen LogP contribution in [0.3, 0.4) is 0 Å². The molecule has 0 aliphatic carbocycles. The standard InChI is InChI=1S/C25H32N4O5.C2HF3O2/c1-2-14-26-25(34)27-15-6-9-22(30)28-17-23(31)29-21(16-24(32)33)20-12-10-19(11-13-20)18-7-4-3-5-8-18;3-2(4,5)1(6)7/h3-5,7-8,10-13,21H,2,6,9,14-17H2,1H3,(H,28,30)(H,29,31)(H,32,33)(H2,26,27,34);(H,6,7). The largest absolute Gasteiger partial charge is 0.490 e. The lowest BCUT2D eigenvalue weighted by Gasteiger charge is -2.18. The molecule has 14 heteroatoms. The molecule has 2 rings (SSSR count). The summed E-state index contributed by atoms with van der Waals surface area (Å²) >= 11 is 0. The minimum absolute atomic E-state index is 0.154. The van der Waals surface area contributed by atoms with Crippen molar-refractivity contribution >= 4 is 29.8 Å². The van der Waals surface area contributed by atoms with Gasteiger partial charge in [0.1, 0.15) is 0 Å². The number of hydrogen-bond donors (Lipinski definition) is 6. The molecule has 0 aliphatic heterocycles. The Morgan fingerprint density at radius 2 is 1.37 bits per heavy atom. The third kappa shape index (κ3) is 14.9. The number of rotatable bonds is 13. The van der Waals surface area contributed by atoms with Crippen LogP contribution in [0.25, 0.3) is 11.1 Å². The Morgan fingerprint density at radius 3 is 1.90 bits per heavy atom. The second-order valence-electron chi connectivity index (χ2n) is 8.57. The number of carbonyl (C=O) groups excluding carboxylic acids is 3. The van der Waals surface area contributed by atoms with Crippen LogP contribution in [0.1, 0.15) is 44.2 Å². The van der Waals surface area contributed by atoms with Gasteiger partial charge in [0.15, 0.2) is 0 Å². The topological polar surface area (TPSA) is 174 Å². The first-order chi connectivity index (χ1) is 19.3. The summed E-state index contributed by atoms with van der Waals surface area (Å²) in [5.74, 6) is -4.61. The Kier molecular flexibility index (Phi) is 15.0. The van der Waals surface area contributed by atoms with E-state index in [1.165, 1.54) is 0 Å². The Hall–Kier alpha value is -4.62. The molecule has 41 heavy (non-hydrogen) atoms. The third-order valence-corrected chi connectivity index (χ3v) is 5.22. The first kappa shape index (κ1) is 34.4. The molecule has 0 spiro atoms. The second kappa shape index (κ2) is 17.9. The zero-order valence-corrected chi connectivity index (χ0v) is 22.3. The predicted molar refractivity (Wildman–Crippen MR) is 143 cm³/mol. The van der Waals surface area contributed by atoms with Gasteiger partial charge in [-0.2, -0.15) is 13.2 Å². The molecule has 6 N–H and O–H groups in total. The lowest BCUT2D eigenvalue weighted by molar-refractivity contribution is -0.192. The molecule has 2 aromatic rings. The summed E-state index contributed by atoms with van der Waals surface area (Å²) < 4.78 is 31.7. The van der Waals surface area contributed by atoms with E-state index in [0.29, 0.717) is 25.1 Å². The van der Waals surface area contributed by atoms with Crippen molar-refractivity contribution in [3.63, 3.8) is 0 Å². The van der Waals surface area contributed by atoms with Crippen LogP contribution in [0, 0.1) is 0 Å². The third-order valence-electron chi connectivity index (χ3n) is 5.22. The quantitative estimate of drug-likeness (QED) is 0.197. The van der Waals surface area contributed by atoms with Crippen LogP contribution < -0.4 is 21.3 Å². The molecule has 224 valence electrons. The summed E-state index contributed by atoms with van der Waals surface area (Å²) in [7, 11) is 0. The van der Waals surface area contributed by atoms with Crippen molar-refractivity contribution < 1.29 is 47.4 Å². The molecule has 0 aliphatic rings. The van der Waals surface area contributed by atoms with Gasteiger partial charge in [0.25, 0.3) is 0 Å². The van der Waals surface area contributed by atoms with Crippen molar-refractivity contribution in [1.82, 2.24) is 21.3 Å². The highest BCUT2D eigenvalue weighted by Crippen LogP contribution is 2.23. The molecule has 1 unspecified atom stereocenters. The van der Waals surface area contributed by atoms with Crippen LogP contribution in [0.5, 0.6) is 0 Å². The number of carboxylic acids is 2. The lowest BCUT2D eigenvalue weighted by Crippen LogP contribution is -2.39. The molecule has 11 nitrogen and oxygen atoms in total. The maximum Gasteiger partial charge on any atom is 0.490 e. The predicted octanol–water partition coefficient (Wildman–Crippen LogP) is 3.22. The molecule has 2 aromatic carbocycles. The van der Waals surface area contributed by atoms with Gasteiger partial charge in [0, 0.05) is 19.5 Å². The van der Waals surface area contributed by atoms with Crippen LogP contribution in [-0.4, -0.2) is 65.8 Å². The van der Waals surface area contributed by atoms with Gasteiger partial charge in [-0.3, -0.25) is 14.4 Å². The highest BCUT2D eigenvalue weighted by molar-refractivity contribution is 5.85. The molecule has 0 saturated carbocycles. The van der Waals surface area contributed by atoms with E-state index in [1.54, 1.807) is 12.1 Å². The van der Waals surface area contributed by atoms with Gasteiger partial charge in [-0.1, -0.05) is 61.5 Å². The number of amides is 4. The molecule has 0 radical (unpaired) electrons. The fourth-order valence-corrected chi connectivity index (χ4v) is 3.23. The van der Waals surface area contributed by atoms with E-state index in [0.717, 1.165) is 17.5 Å². The van der Waals surface area contributed by atoms with E-state index in [1.807, 2.05) is 49.4 Å². The van der Waals surface area contributed by atoms with Gasteiger partial charge < -0.3 is 31.5 Å². The van der Waals surface area contributed by atoms with Crippen molar-refractivity contribution in [1.29, 1.82) is 0 Å². The summed E-state index contributed by atoms with van der Waals surface area (Å²) in [6.07, 6.45) is -3.94. The SMILES string of the molecule is CCCNC(=O)NCCCC(=O)NCC(=O)NC(CC(=O)O)c1ccc(-c2ccccc2)cc1.O=C(O)C(F)(F)F. The number of carboxylic acid groups (broad SMARTS) is 2. The summed E-state index contributed by atoms with van der Waals surface area (Å²) in [6.45, 7) is 2.62. The highest BCUT2D eigenvalue weighted by atomic mass is 19.4. The summed E-state index contributed by atoms with van der Waals surface area (Å²) in [6, 6.07) is 16.1. The Labute approximate surface area is 234 Å². The number of urea groups is 1. The zero-order valence-electron chi connectivity index (χ0n) is 22.3. The van der Waals surface area contributed by atoms with E-state index < -0.39 is 30.1 Å². The number of halogens is 3. The van der Waals surface area contributed by atoms with Crippen LogP contribution in [-0.2, 0) is 19.2 Å². The molecule has 0 heterocycles. The Bertz CT molecular complexity index is 1140. The van der Waals surface area contributed by atoms with Crippen LogP contribution in [0.4, 0.5) is 18.0 Å². The number of alkyl halides is 3. The van der Waals surface area contributed by atoms with E-state index >= 15 is 0 Å². The average Bonchev–Trinajstić information content (AvgIpc) is 2.93. The van der Waals surface area contributed by atoms with E-state index in [4.69, 9.17) is 9.90 Å². The van der Waals surface area contributed by atoms with Crippen LogP contribution in [0.15, 0.2) is 54.6 Å². The Morgan fingerprint density at radius 1 is 0.805 bits per heavy atom. The van der Waals surface area contributed by atoms with E-state index in [9.17, 15) is 37.5 Å². The van der Waals surface area contributed by atoms with Crippen molar-refractivity contribution in [2.75, 3.05) is 19.6 Å². The zero-order chi connectivity index (χ0) is 30.8. The van der Waals surface area contributed by atoms with E-state index in [2.05, 4.69) is 21.3 Å². The van der Waals surface area contributed by atoms with Crippen LogP contribution >= 0.6 is 0 Å². The van der Waals surface area contributed by atoms with Crippen molar-refractivity contribution in [2.24, 2.45) is 0 Å². The van der Waals surface area contributed by atoms with Crippen molar-refractivity contribution in [3.8, 4) is 11.1 Å². The summed E-state index contributed by atoms with van der Waals surface area (Å²) in [4.78, 5) is 55.9. The monoisotopic (exact) mass is 582 g/mol. The van der Waals surface area contributed by atoms with Gasteiger partial charge in [0.2, 0.25) is 11.8 Å². The minimum Gasteiger partial charge on any atom is -0.481 e. The van der Waals surface area contributed by atoms with Gasteiger partial charge in [0.05, 0.1) is 19.0 Å². The first-order valence-corrected chi connectivity index (χ1v) is 12.6. The molecule has 0 aromatic heterocycles. The molecule has 0 fully saturated rings. The molecule has 1 atom stereocenters. The van der Waals surface area contributed by atoms with Crippen molar-refractivity contribution in [3.05, 3.63) is 60.2 Å². The molecule has 0 bridgehead atoms. The number of nitrogens with one attached hydrogen (secondary N) is 4. The molecular weight excluding hydrogens is 549 g/mol. The maximum absolute atomic E-state index is 12.3. The molecule has 0 saturated heterocycles. The fraction of sp³-hybridized carbons (Fsp3) is 0.370. The first-order valence-electron chi connectivity index (χ1n) is 12.6. The molecule has 4 amide bonds. The number of hydrogen-bond acceptors (Lipinski definition) is 5. The summed E-state index contributed by atoms with van der Waals surface area (Å²) in [5, 5.41) is 26.9. The van der Waals surface area contributed by atoms with Gasteiger partial charge in [-0.15, -0.1) is 0 Å². The van der Waals surface area contributed by atoms with Crippen molar-refractivity contribution in [2.45, 2.75) is 44.8 Å². The number of carbonyl (C=O) groups is 5. The van der Waals surface area contributed by atoms with Gasteiger partial charge in [-0.25, -0.2) is 9.59 Å².